The summed E-state index contributed by atoms with van der Waals surface area (Å²) in [7, 11) is 0. The second kappa shape index (κ2) is 4.97. The molecule has 0 bridgehead atoms. The minimum atomic E-state index is -0.847. The smallest absolute Gasteiger partial charge is 0.328 e. The molecular weight excluding hydrogens is 224 g/mol. The van der Waals surface area contributed by atoms with Crippen LogP contribution in [0.2, 0.25) is 0 Å². The molecule has 1 aliphatic heterocycles. The molecule has 0 atom stereocenters. The van der Waals surface area contributed by atoms with Gasteiger partial charge >= 0.3 is 6.03 Å². The van der Waals surface area contributed by atoms with Gasteiger partial charge in [0.05, 0.1) is 5.70 Å². The van der Waals surface area contributed by atoms with E-state index in [0.717, 1.165) is 0 Å². The fourth-order valence-corrected chi connectivity index (χ4v) is 1.11. The summed E-state index contributed by atoms with van der Waals surface area (Å²) < 4.78 is 0. The number of carbonyl (C=O) groups excluding carboxylic acids is 3. The van der Waals surface area contributed by atoms with Gasteiger partial charge < -0.3 is 11.1 Å². The number of nitrogens with two attached hydrogens (primary N) is 1. The number of amides is 4. The van der Waals surface area contributed by atoms with Gasteiger partial charge in [0.1, 0.15) is 5.57 Å². The van der Waals surface area contributed by atoms with Crippen molar-refractivity contribution in [2.45, 2.75) is 6.92 Å². The quantitative estimate of drug-likeness (QED) is 0.378. The number of allylic oxidation sites excluding steroid dienone is 2. The predicted octanol–water partition coefficient (Wildman–Crippen LogP) is -0.798. The van der Waals surface area contributed by atoms with Crippen molar-refractivity contribution in [2.24, 2.45) is 5.73 Å². The zero-order chi connectivity index (χ0) is 13.0. The number of urea groups is 1. The monoisotopic (exact) mass is 236 g/mol. The first-order valence-corrected chi connectivity index (χ1v) is 4.68. The Morgan fingerprint density at radius 2 is 1.82 bits per heavy atom. The molecule has 0 saturated carbocycles. The first kappa shape index (κ1) is 12.5. The zero-order valence-electron chi connectivity index (χ0n) is 9.16. The number of nitrogens with one attached hydrogen (secondary N) is 3. The van der Waals surface area contributed by atoms with Crippen LogP contribution < -0.4 is 21.7 Å². The Morgan fingerprint density at radius 1 is 1.29 bits per heavy atom. The fraction of sp³-hybridized carbons (Fsp3) is 0.100. The third-order valence-corrected chi connectivity index (χ3v) is 1.99. The summed E-state index contributed by atoms with van der Waals surface area (Å²) in [5.41, 5.74) is 6.14. The maximum Gasteiger partial charge on any atom is 0.328 e. The molecule has 1 aliphatic rings. The first-order valence-electron chi connectivity index (χ1n) is 4.68. The number of rotatable bonds is 3. The van der Waals surface area contributed by atoms with Gasteiger partial charge in [-0.15, -0.1) is 0 Å². The van der Waals surface area contributed by atoms with Gasteiger partial charge in [-0.1, -0.05) is 6.58 Å². The van der Waals surface area contributed by atoms with E-state index in [1.54, 1.807) is 6.92 Å². The van der Waals surface area contributed by atoms with Crippen molar-refractivity contribution in [3.8, 4) is 0 Å². The minimum absolute atomic E-state index is 0.194. The van der Waals surface area contributed by atoms with E-state index in [4.69, 9.17) is 5.73 Å². The topological polar surface area (TPSA) is 113 Å². The van der Waals surface area contributed by atoms with Crippen molar-refractivity contribution in [1.29, 1.82) is 0 Å². The van der Waals surface area contributed by atoms with Gasteiger partial charge in [0.25, 0.3) is 11.8 Å². The van der Waals surface area contributed by atoms with Crippen molar-refractivity contribution in [1.82, 2.24) is 16.0 Å². The van der Waals surface area contributed by atoms with E-state index in [0.29, 0.717) is 5.70 Å². The zero-order valence-corrected chi connectivity index (χ0v) is 9.16. The Kier molecular flexibility index (Phi) is 3.66. The van der Waals surface area contributed by atoms with Gasteiger partial charge in [-0.05, 0) is 19.2 Å². The molecule has 0 aromatic rings. The van der Waals surface area contributed by atoms with Gasteiger partial charge in [-0.3, -0.25) is 20.2 Å². The second-order valence-electron chi connectivity index (χ2n) is 3.22. The van der Waals surface area contributed by atoms with Gasteiger partial charge in [-0.2, -0.15) is 0 Å². The van der Waals surface area contributed by atoms with E-state index in [1.165, 1.54) is 12.3 Å². The van der Waals surface area contributed by atoms with Gasteiger partial charge in [0.15, 0.2) is 0 Å². The molecule has 0 aromatic heterocycles. The highest BCUT2D eigenvalue weighted by atomic mass is 16.2. The third-order valence-electron chi connectivity index (χ3n) is 1.99. The maximum atomic E-state index is 11.4. The van der Waals surface area contributed by atoms with Crippen molar-refractivity contribution in [3.63, 3.8) is 0 Å². The van der Waals surface area contributed by atoms with E-state index in [1.807, 2.05) is 10.6 Å². The molecule has 4 amide bonds. The predicted molar refractivity (Wildman–Crippen MR) is 60.0 cm³/mol. The van der Waals surface area contributed by atoms with Gasteiger partial charge in [0, 0.05) is 5.70 Å². The molecule has 7 nitrogen and oxygen atoms in total. The van der Waals surface area contributed by atoms with Crippen molar-refractivity contribution in [2.75, 3.05) is 0 Å². The Hall–Kier alpha value is -2.57. The summed E-state index contributed by atoms with van der Waals surface area (Å²) in [5.74, 6) is -1.57. The fourth-order valence-electron chi connectivity index (χ4n) is 1.11. The van der Waals surface area contributed by atoms with E-state index >= 15 is 0 Å². The molecule has 1 heterocycles. The number of hydrogen-bond acceptors (Lipinski definition) is 5. The molecule has 17 heavy (non-hydrogen) atoms. The van der Waals surface area contributed by atoms with Crippen LogP contribution in [0.1, 0.15) is 6.92 Å². The number of barbiturate groups is 1. The van der Waals surface area contributed by atoms with E-state index in [9.17, 15) is 14.4 Å². The third kappa shape index (κ3) is 2.94. The summed E-state index contributed by atoms with van der Waals surface area (Å²) in [6.07, 6.45) is 2.59. The van der Waals surface area contributed by atoms with Crippen LogP contribution in [-0.4, -0.2) is 17.8 Å². The lowest BCUT2D eigenvalue weighted by molar-refractivity contribution is -0.124. The van der Waals surface area contributed by atoms with Crippen LogP contribution in [0, 0.1) is 0 Å². The van der Waals surface area contributed by atoms with Crippen molar-refractivity contribution in [3.05, 3.63) is 35.8 Å². The summed E-state index contributed by atoms with van der Waals surface area (Å²) in [5, 5.41) is 6.60. The summed E-state index contributed by atoms with van der Waals surface area (Å²) in [6.45, 7) is 5.10. The van der Waals surface area contributed by atoms with Crippen LogP contribution in [0.5, 0.6) is 0 Å². The summed E-state index contributed by atoms with van der Waals surface area (Å²) in [6, 6.07) is -0.847. The average molecular weight is 236 g/mol. The SMILES string of the molecule is C=CN/C(C)=C(\N)C=C1C(=O)NC(=O)NC1=O. The molecule has 0 aromatic carbocycles. The van der Waals surface area contributed by atoms with Crippen LogP contribution in [0.3, 0.4) is 0 Å². The van der Waals surface area contributed by atoms with Crippen molar-refractivity contribution >= 4 is 17.8 Å². The summed E-state index contributed by atoms with van der Waals surface area (Å²) in [4.78, 5) is 33.5. The molecule has 0 spiro atoms. The Bertz CT molecular complexity index is 440. The minimum Gasteiger partial charge on any atom is -0.397 e. The maximum absolute atomic E-state index is 11.4. The number of carbonyl (C=O) groups is 3. The molecule has 0 unspecified atom stereocenters. The van der Waals surface area contributed by atoms with E-state index in [-0.39, 0.29) is 11.3 Å². The number of imide groups is 2. The van der Waals surface area contributed by atoms with Crippen LogP contribution in [0.25, 0.3) is 0 Å². The van der Waals surface area contributed by atoms with Crippen LogP contribution >= 0.6 is 0 Å². The molecular formula is C10H12N4O3. The lowest BCUT2D eigenvalue weighted by atomic mass is 10.1. The van der Waals surface area contributed by atoms with Crippen LogP contribution in [0.15, 0.2) is 35.8 Å². The second-order valence-corrected chi connectivity index (χ2v) is 3.22. The molecule has 1 rings (SSSR count). The molecule has 1 saturated heterocycles. The standard InChI is InChI=1S/C10H12N4O3/c1-3-12-5(2)7(11)4-6-8(15)13-10(17)14-9(6)16/h3-4,12H,1,11H2,2H3,(H2,13,14,15,16,17)/b7-5-. The van der Waals surface area contributed by atoms with Crippen LogP contribution in [-0.2, 0) is 9.59 Å². The van der Waals surface area contributed by atoms with Crippen molar-refractivity contribution < 1.29 is 14.4 Å². The molecule has 7 heteroatoms. The lowest BCUT2D eigenvalue weighted by Crippen LogP contribution is -2.51. The summed E-state index contributed by atoms with van der Waals surface area (Å²) >= 11 is 0. The highest BCUT2D eigenvalue weighted by Gasteiger charge is 2.27. The largest absolute Gasteiger partial charge is 0.397 e. The number of hydrogen-bond donors (Lipinski definition) is 4. The average Bonchev–Trinajstić information content (AvgIpc) is 2.23. The van der Waals surface area contributed by atoms with Crippen LogP contribution in [0.4, 0.5) is 4.79 Å². The first-order chi connectivity index (χ1) is 7.95. The highest BCUT2D eigenvalue weighted by molar-refractivity contribution is 6.29. The molecule has 0 radical (unpaired) electrons. The van der Waals surface area contributed by atoms with Gasteiger partial charge in [0.2, 0.25) is 0 Å². The Balaban J connectivity index is 3.02. The van der Waals surface area contributed by atoms with Gasteiger partial charge in [-0.25, -0.2) is 4.79 Å². The molecule has 5 N–H and O–H groups in total. The molecule has 1 fully saturated rings. The van der Waals surface area contributed by atoms with E-state index < -0.39 is 17.8 Å². The van der Waals surface area contributed by atoms with E-state index in [2.05, 4.69) is 11.9 Å². The molecule has 0 aliphatic carbocycles. The Morgan fingerprint density at radius 3 is 2.29 bits per heavy atom. The Labute approximate surface area is 97.4 Å². The molecule has 90 valence electrons. The highest BCUT2D eigenvalue weighted by Crippen LogP contribution is 2.05. The lowest BCUT2D eigenvalue weighted by Gasteiger charge is -2.14. The normalized spacial score (nSPS) is 16.8.